The van der Waals surface area contributed by atoms with E-state index in [9.17, 15) is 5.11 Å². The van der Waals surface area contributed by atoms with Crippen LogP contribution in [0.2, 0.25) is 0 Å². The fraction of sp³-hybridized carbons (Fsp3) is 0.0952. The van der Waals surface area contributed by atoms with E-state index in [2.05, 4.69) is 30.1 Å². The van der Waals surface area contributed by atoms with Crippen LogP contribution in [0.1, 0.15) is 16.7 Å². The highest BCUT2D eigenvalue weighted by atomic mass is 31.1. The van der Waals surface area contributed by atoms with Gasteiger partial charge in [-0.3, -0.25) is 4.99 Å². The summed E-state index contributed by atoms with van der Waals surface area (Å²) in [6.45, 7) is 4.12. The number of para-hydroxylation sites is 1. The number of rotatable bonds is 4. The van der Waals surface area contributed by atoms with Crippen LogP contribution in [0.4, 0.5) is 5.69 Å². The highest BCUT2D eigenvalue weighted by molar-refractivity contribution is 7.56. The molecule has 1 unspecified atom stereocenters. The lowest BCUT2D eigenvalue weighted by molar-refractivity contribution is 0.479. The first-order chi connectivity index (χ1) is 11.6. The number of aliphatic imine (C=N–C) groups is 1. The fourth-order valence-corrected chi connectivity index (χ4v) is 3.71. The quantitative estimate of drug-likeness (QED) is 0.557. The molecule has 3 heteroatoms. The number of hydrogen-bond donors (Lipinski definition) is 1. The van der Waals surface area contributed by atoms with Crippen molar-refractivity contribution in [3.05, 3.63) is 83.4 Å². The maximum Gasteiger partial charge on any atom is 0.123 e. The predicted octanol–water partition coefficient (Wildman–Crippen LogP) is 4.39. The Balaban J connectivity index is 1.94. The van der Waals surface area contributed by atoms with Crippen LogP contribution in [0.25, 0.3) is 0 Å². The lowest BCUT2D eigenvalue weighted by Gasteiger charge is -2.10. The maximum atomic E-state index is 10.1. The van der Waals surface area contributed by atoms with E-state index < -0.39 is 0 Å². The Labute approximate surface area is 144 Å². The topological polar surface area (TPSA) is 32.6 Å². The molecule has 0 heterocycles. The van der Waals surface area contributed by atoms with Crippen LogP contribution < -0.4 is 10.6 Å². The molecule has 0 aromatic heterocycles. The van der Waals surface area contributed by atoms with Crippen LogP contribution in [-0.2, 0) is 0 Å². The van der Waals surface area contributed by atoms with Gasteiger partial charge < -0.3 is 5.11 Å². The van der Waals surface area contributed by atoms with Gasteiger partial charge in [0, 0.05) is 17.1 Å². The zero-order valence-corrected chi connectivity index (χ0v) is 14.8. The van der Waals surface area contributed by atoms with Gasteiger partial charge in [-0.05, 0) is 49.5 Å². The summed E-state index contributed by atoms with van der Waals surface area (Å²) in [5.74, 6) is 0.352. The first kappa shape index (κ1) is 16.4. The molecule has 0 amide bonds. The lowest BCUT2D eigenvalue weighted by atomic mass is 10.1. The third-order valence-electron chi connectivity index (χ3n) is 3.74. The average Bonchev–Trinajstić information content (AvgIpc) is 2.59. The van der Waals surface area contributed by atoms with E-state index >= 15 is 0 Å². The molecule has 3 rings (SSSR count). The number of phenols is 1. The molecule has 0 bridgehead atoms. The van der Waals surface area contributed by atoms with Gasteiger partial charge in [0.15, 0.2) is 0 Å². The summed E-state index contributed by atoms with van der Waals surface area (Å²) in [5, 5.41) is 12.3. The SMILES string of the molecule is Cc1ccc(Pc2cc(C)ccc2O)c(C=Nc2ccccc2)c1. The molecule has 1 N–H and O–H groups in total. The number of aryl methyl sites for hydroxylation is 2. The van der Waals surface area contributed by atoms with Crippen LogP contribution >= 0.6 is 8.58 Å². The lowest BCUT2D eigenvalue weighted by Crippen LogP contribution is -2.10. The molecule has 24 heavy (non-hydrogen) atoms. The highest BCUT2D eigenvalue weighted by Gasteiger charge is 2.07. The normalized spacial score (nSPS) is 11.6. The Bertz CT molecular complexity index is 872. The Morgan fingerprint density at radius 1 is 0.833 bits per heavy atom. The summed E-state index contributed by atoms with van der Waals surface area (Å²) in [4.78, 5) is 4.58. The van der Waals surface area contributed by atoms with Gasteiger partial charge in [-0.2, -0.15) is 0 Å². The second-order valence-corrected chi connectivity index (χ2v) is 7.16. The first-order valence-corrected chi connectivity index (χ1v) is 8.88. The van der Waals surface area contributed by atoms with Crippen molar-refractivity contribution in [1.82, 2.24) is 0 Å². The van der Waals surface area contributed by atoms with Crippen LogP contribution in [0.3, 0.4) is 0 Å². The standard InChI is InChI=1S/C21H20NOP/c1-15-9-11-20(24-21-13-16(2)8-10-19(21)23)17(12-15)14-22-18-6-4-3-5-7-18/h3-14,23-24H,1-2H3. The monoisotopic (exact) mass is 333 g/mol. The van der Waals surface area contributed by atoms with Crippen molar-refractivity contribution in [2.75, 3.05) is 0 Å². The third kappa shape index (κ3) is 4.10. The number of nitrogens with zero attached hydrogens (tertiary/aromatic N) is 1. The van der Waals surface area contributed by atoms with Gasteiger partial charge in [-0.1, -0.05) is 56.1 Å². The molecule has 2 nitrogen and oxygen atoms in total. The summed E-state index contributed by atoms with van der Waals surface area (Å²) in [5.41, 5.74) is 4.39. The van der Waals surface area contributed by atoms with E-state index in [1.807, 2.05) is 55.6 Å². The zero-order valence-electron chi connectivity index (χ0n) is 13.8. The summed E-state index contributed by atoms with van der Waals surface area (Å²) >= 11 is 0. The van der Waals surface area contributed by atoms with Gasteiger partial charge in [-0.15, -0.1) is 0 Å². The highest BCUT2D eigenvalue weighted by Crippen LogP contribution is 2.21. The molecule has 0 radical (unpaired) electrons. The molecule has 0 fully saturated rings. The van der Waals surface area contributed by atoms with Crippen LogP contribution in [0, 0.1) is 13.8 Å². The van der Waals surface area contributed by atoms with Gasteiger partial charge in [0.05, 0.1) is 5.69 Å². The second-order valence-electron chi connectivity index (χ2n) is 5.83. The minimum Gasteiger partial charge on any atom is -0.507 e. The summed E-state index contributed by atoms with van der Waals surface area (Å²) < 4.78 is 0. The first-order valence-electron chi connectivity index (χ1n) is 7.88. The largest absolute Gasteiger partial charge is 0.507 e. The van der Waals surface area contributed by atoms with Gasteiger partial charge in [0.2, 0.25) is 0 Å². The average molecular weight is 333 g/mol. The van der Waals surface area contributed by atoms with Crippen LogP contribution in [0.15, 0.2) is 71.7 Å². The summed E-state index contributed by atoms with van der Waals surface area (Å²) in [7, 11) is 0.393. The van der Waals surface area contributed by atoms with Crippen molar-refractivity contribution < 1.29 is 5.11 Å². The van der Waals surface area contributed by atoms with E-state index in [0.717, 1.165) is 22.1 Å². The Morgan fingerprint density at radius 2 is 1.54 bits per heavy atom. The van der Waals surface area contributed by atoms with Crippen molar-refractivity contribution in [2.45, 2.75) is 13.8 Å². The zero-order chi connectivity index (χ0) is 16.9. The molecule has 0 aliphatic heterocycles. The molecule has 3 aromatic carbocycles. The fourth-order valence-electron chi connectivity index (χ4n) is 2.46. The Hall–Kier alpha value is -2.44. The molecule has 120 valence electrons. The van der Waals surface area contributed by atoms with Gasteiger partial charge in [0.1, 0.15) is 5.75 Å². The van der Waals surface area contributed by atoms with Crippen LogP contribution in [0.5, 0.6) is 5.75 Å². The molecule has 0 saturated heterocycles. The Kier molecular flexibility index (Phi) is 5.08. The molecule has 1 atom stereocenters. The van der Waals surface area contributed by atoms with Crippen LogP contribution in [-0.4, -0.2) is 11.3 Å². The number of phenolic OH excluding ortho intramolecular Hbond substituents is 1. The van der Waals surface area contributed by atoms with Crippen molar-refractivity contribution in [1.29, 1.82) is 0 Å². The van der Waals surface area contributed by atoms with E-state index in [0.29, 0.717) is 14.3 Å². The minimum atomic E-state index is 0.352. The maximum absolute atomic E-state index is 10.1. The number of hydrogen-bond acceptors (Lipinski definition) is 2. The molecule has 0 aliphatic rings. The van der Waals surface area contributed by atoms with Crippen molar-refractivity contribution >= 4 is 31.1 Å². The van der Waals surface area contributed by atoms with Crippen molar-refractivity contribution in [3.63, 3.8) is 0 Å². The molecule has 3 aromatic rings. The predicted molar refractivity (Wildman–Crippen MR) is 105 cm³/mol. The number of benzene rings is 3. The minimum absolute atomic E-state index is 0.352. The van der Waals surface area contributed by atoms with E-state index in [1.54, 1.807) is 6.07 Å². The summed E-state index contributed by atoms with van der Waals surface area (Å²) in [6.07, 6.45) is 1.91. The number of aromatic hydroxyl groups is 1. The van der Waals surface area contributed by atoms with Gasteiger partial charge >= 0.3 is 0 Å². The molecular formula is C21H20NOP. The second kappa shape index (κ2) is 7.42. The molecule has 0 saturated carbocycles. The molecular weight excluding hydrogens is 313 g/mol. The molecule has 0 aliphatic carbocycles. The van der Waals surface area contributed by atoms with Crippen molar-refractivity contribution in [3.8, 4) is 5.75 Å². The third-order valence-corrected chi connectivity index (χ3v) is 5.13. The van der Waals surface area contributed by atoms with E-state index in [1.165, 1.54) is 10.9 Å². The van der Waals surface area contributed by atoms with E-state index in [-0.39, 0.29) is 0 Å². The van der Waals surface area contributed by atoms with Gasteiger partial charge in [-0.25, -0.2) is 0 Å². The smallest absolute Gasteiger partial charge is 0.123 e. The van der Waals surface area contributed by atoms with Gasteiger partial charge in [0.25, 0.3) is 0 Å². The van der Waals surface area contributed by atoms with E-state index in [4.69, 9.17) is 0 Å². The Morgan fingerprint density at radius 3 is 2.33 bits per heavy atom. The molecule has 0 spiro atoms. The summed E-state index contributed by atoms with van der Waals surface area (Å²) in [6, 6.07) is 22.0. The van der Waals surface area contributed by atoms with Crippen molar-refractivity contribution in [2.24, 2.45) is 4.99 Å².